The highest BCUT2D eigenvalue weighted by atomic mass is 35.5. The van der Waals surface area contributed by atoms with Crippen molar-refractivity contribution in [2.75, 3.05) is 5.32 Å². The molecule has 0 aliphatic heterocycles. The summed E-state index contributed by atoms with van der Waals surface area (Å²) in [5.74, 6) is -0.482. The highest BCUT2D eigenvalue weighted by molar-refractivity contribution is 7.10. The third kappa shape index (κ3) is 4.49. The van der Waals surface area contributed by atoms with Gasteiger partial charge in [0.15, 0.2) is 0 Å². The summed E-state index contributed by atoms with van der Waals surface area (Å²) in [7, 11) is 0. The largest absolute Gasteiger partial charge is 0.323 e. The number of anilines is 1. The predicted octanol–water partition coefficient (Wildman–Crippen LogP) is 5.25. The molecule has 2 N–H and O–H groups in total. The summed E-state index contributed by atoms with van der Waals surface area (Å²) >= 11 is 7.68. The summed E-state index contributed by atoms with van der Waals surface area (Å²) < 4.78 is 13.3. The molecule has 1 amide bonds. The maximum absolute atomic E-state index is 13.3. The molecule has 0 aliphatic rings. The van der Waals surface area contributed by atoms with Crippen LogP contribution >= 0.6 is 22.9 Å². The van der Waals surface area contributed by atoms with E-state index < -0.39 is 6.04 Å². The number of para-hydroxylation sites is 1. The molecule has 0 radical (unpaired) electrons. The van der Waals surface area contributed by atoms with Crippen LogP contribution in [0.5, 0.6) is 0 Å². The van der Waals surface area contributed by atoms with Gasteiger partial charge in [-0.05, 0) is 48.2 Å². The second kappa shape index (κ2) is 8.45. The normalized spacial score (nSPS) is 13.2. The molecule has 1 heterocycles. The van der Waals surface area contributed by atoms with Crippen molar-refractivity contribution in [3.05, 3.63) is 87.3 Å². The summed E-state index contributed by atoms with van der Waals surface area (Å²) in [5, 5.41) is 8.62. The van der Waals surface area contributed by atoms with Gasteiger partial charge in [0.25, 0.3) is 0 Å². The van der Waals surface area contributed by atoms with Gasteiger partial charge in [-0.25, -0.2) is 4.39 Å². The van der Waals surface area contributed by atoms with E-state index in [0.29, 0.717) is 10.7 Å². The Labute approximate surface area is 160 Å². The summed E-state index contributed by atoms with van der Waals surface area (Å²) in [4.78, 5) is 13.6. The number of hydrogen-bond donors (Lipinski definition) is 2. The second-order valence-electron chi connectivity index (χ2n) is 5.86. The fourth-order valence-electron chi connectivity index (χ4n) is 2.58. The van der Waals surface area contributed by atoms with Crippen LogP contribution in [0.25, 0.3) is 0 Å². The highest BCUT2D eigenvalue weighted by Crippen LogP contribution is 2.27. The zero-order chi connectivity index (χ0) is 18.5. The van der Waals surface area contributed by atoms with Crippen molar-refractivity contribution in [3.63, 3.8) is 0 Å². The monoisotopic (exact) mass is 388 g/mol. The summed E-state index contributed by atoms with van der Waals surface area (Å²) in [6, 6.07) is 16.6. The lowest BCUT2D eigenvalue weighted by molar-refractivity contribution is -0.117. The van der Waals surface area contributed by atoms with Crippen LogP contribution in [0.2, 0.25) is 5.02 Å². The predicted molar refractivity (Wildman–Crippen MR) is 105 cm³/mol. The van der Waals surface area contributed by atoms with Crippen LogP contribution in [0.15, 0.2) is 66.0 Å². The molecular weight excluding hydrogens is 371 g/mol. The molecule has 2 aromatic carbocycles. The lowest BCUT2D eigenvalue weighted by Gasteiger charge is -2.23. The molecule has 0 saturated carbocycles. The number of nitrogens with one attached hydrogen (secondary N) is 2. The van der Waals surface area contributed by atoms with Gasteiger partial charge in [0.1, 0.15) is 5.82 Å². The molecule has 26 heavy (non-hydrogen) atoms. The van der Waals surface area contributed by atoms with Gasteiger partial charge >= 0.3 is 0 Å². The molecule has 0 bridgehead atoms. The molecule has 0 spiro atoms. The van der Waals surface area contributed by atoms with Gasteiger partial charge in [-0.15, -0.1) is 11.3 Å². The summed E-state index contributed by atoms with van der Waals surface area (Å²) in [6.45, 7) is 1.79. The number of hydrogen-bond acceptors (Lipinski definition) is 3. The van der Waals surface area contributed by atoms with Crippen LogP contribution in [0.3, 0.4) is 0 Å². The fourth-order valence-corrected chi connectivity index (χ4v) is 3.58. The van der Waals surface area contributed by atoms with Crippen LogP contribution in [0.1, 0.15) is 23.4 Å². The van der Waals surface area contributed by atoms with Gasteiger partial charge in [0.2, 0.25) is 5.91 Å². The molecule has 0 fully saturated rings. The van der Waals surface area contributed by atoms with E-state index in [1.54, 1.807) is 48.6 Å². The highest BCUT2D eigenvalue weighted by Gasteiger charge is 2.22. The number of rotatable bonds is 6. The Morgan fingerprint density at radius 1 is 1.08 bits per heavy atom. The first-order valence-corrected chi connectivity index (χ1v) is 9.40. The quantitative estimate of drug-likeness (QED) is 0.605. The Bertz CT molecular complexity index is 868. The topological polar surface area (TPSA) is 41.1 Å². The van der Waals surface area contributed by atoms with Crippen molar-refractivity contribution in [1.29, 1.82) is 0 Å². The fraction of sp³-hybridized carbons (Fsp3) is 0.150. The lowest BCUT2D eigenvalue weighted by Crippen LogP contribution is -2.40. The van der Waals surface area contributed by atoms with E-state index in [2.05, 4.69) is 10.6 Å². The van der Waals surface area contributed by atoms with Gasteiger partial charge < -0.3 is 5.32 Å². The minimum absolute atomic E-state index is 0.193. The Kier molecular flexibility index (Phi) is 6.04. The van der Waals surface area contributed by atoms with Crippen molar-refractivity contribution in [1.82, 2.24) is 5.32 Å². The first kappa shape index (κ1) is 18.6. The number of halogens is 2. The first-order valence-electron chi connectivity index (χ1n) is 8.15. The van der Waals surface area contributed by atoms with Crippen molar-refractivity contribution >= 4 is 34.5 Å². The van der Waals surface area contributed by atoms with Crippen LogP contribution in [0.4, 0.5) is 10.1 Å². The van der Waals surface area contributed by atoms with Crippen molar-refractivity contribution < 1.29 is 9.18 Å². The number of carbonyl (C=O) groups excluding carboxylic acids is 1. The van der Waals surface area contributed by atoms with Crippen LogP contribution in [-0.2, 0) is 4.79 Å². The minimum atomic E-state index is -0.483. The molecule has 2 atom stereocenters. The van der Waals surface area contributed by atoms with Crippen LogP contribution in [-0.4, -0.2) is 11.9 Å². The van der Waals surface area contributed by atoms with Crippen molar-refractivity contribution in [2.45, 2.75) is 19.0 Å². The van der Waals surface area contributed by atoms with E-state index in [1.165, 1.54) is 12.1 Å². The molecule has 6 heteroatoms. The molecule has 0 unspecified atom stereocenters. The molecule has 0 aliphatic carbocycles. The van der Waals surface area contributed by atoms with Gasteiger partial charge in [0.05, 0.1) is 22.8 Å². The Hall–Kier alpha value is -2.21. The molecule has 0 saturated heterocycles. The van der Waals surface area contributed by atoms with Crippen molar-refractivity contribution in [3.8, 4) is 0 Å². The molecule has 134 valence electrons. The van der Waals surface area contributed by atoms with E-state index in [4.69, 9.17) is 11.6 Å². The first-order chi connectivity index (χ1) is 12.5. The van der Waals surface area contributed by atoms with Crippen molar-refractivity contribution in [2.24, 2.45) is 0 Å². The number of carbonyl (C=O) groups is 1. The Morgan fingerprint density at radius 2 is 1.81 bits per heavy atom. The average Bonchev–Trinajstić information content (AvgIpc) is 3.16. The summed E-state index contributed by atoms with van der Waals surface area (Å²) in [6.07, 6.45) is 0. The molecule has 3 rings (SSSR count). The molecule has 3 aromatic rings. The zero-order valence-electron chi connectivity index (χ0n) is 14.1. The number of thiophene rings is 1. The van der Waals surface area contributed by atoms with Gasteiger partial charge in [0, 0.05) is 4.88 Å². The van der Waals surface area contributed by atoms with E-state index >= 15 is 0 Å². The van der Waals surface area contributed by atoms with E-state index in [-0.39, 0.29) is 17.8 Å². The SMILES string of the molecule is C[C@H](N[C@H](c1ccc(F)cc1)c1cccs1)C(=O)Nc1ccccc1Cl. The van der Waals surface area contributed by atoms with Gasteiger partial charge in [-0.1, -0.05) is 41.9 Å². The molecule has 3 nitrogen and oxygen atoms in total. The standard InChI is InChI=1S/C20H18ClFN2OS/c1-13(20(25)24-17-6-3-2-5-16(17)21)23-19(18-7-4-12-26-18)14-8-10-15(22)11-9-14/h2-13,19,23H,1H3,(H,24,25)/t13-,19+/m0/s1. The van der Waals surface area contributed by atoms with E-state index in [9.17, 15) is 9.18 Å². The van der Waals surface area contributed by atoms with E-state index in [0.717, 1.165) is 10.4 Å². The summed E-state index contributed by atoms with van der Waals surface area (Å²) in [5.41, 5.74) is 1.47. The average molecular weight is 389 g/mol. The zero-order valence-corrected chi connectivity index (χ0v) is 15.7. The third-order valence-corrected chi connectivity index (χ3v) is 5.24. The Balaban J connectivity index is 1.77. The minimum Gasteiger partial charge on any atom is -0.323 e. The lowest BCUT2D eigenvalue weighted by atomic mass is 10.0. The van der Waals surface area contributed by atoms with Crippen LogP contribution < -0.4 is 10.6 Å². The number of amides is 1. The maximum Gasteiger partial charge on any atom is 0.241 e. The van der Waals surface area contributed by atoms with Gasteiger partial charge in [-0.2, -0.15) is 0 Å². The van der Waals surface area contributed by atoms with Gasteiger partial charge in [-0.3, -0.25) is 10.1 Å². The third-order valence-electron chi connectivity index (χ3n) is 3.97. The maximum atomic E-state index is 13.3. The molecule has 1 aromatic heterocycles. The smallest absolute Gasteiger partial charge is 0.241 e. The Morgan fingerprint density at radius 3 is 2.46 bits per heavy atom. The number of benzene rings is 2. The second-order valence-corrected chi connectivity index (χ2v) is 7.24. The van der Waals surface area contributed by atoms with E-state index in [1.807, 2.05) is 23.6 Å². The molecular formula is C20H18ClFN2OS. The van der Waals surface area contributed by atoms with Crippen LogP contribution in [0, 0.1) is 5.82 Å².